The highest BCUT2D eigenvalue weighted by Gasteiger charge is 2.15. The number of amides is 1. The molecule has 1 atom stereocenters. The van der Waals surface area contributed by atoms with Crippen molar-refractivity contribution in [2.45, 2.75) is 13.5 Å². The predicted molar refractivity (Wildman–Crippen MR) is 70.4 cm³/mol. The van der Waals surface area contributed by atoms with Gasteiger partial charge in [0, 0.05) is 31.6 Å². The first-order valence-electron chi connectivity index (χ1n) is 5.88. The van der Waals surface area contributed by atoms with Crippen LogP contribution < -0.4 is 11.1 Å². The van der Waals surface area contributed by atoms with Crippen molar-refractivity contribution in [3.8, 4) is 0 Å². The Morgan fingerprint density at radius 1 is 1.56 bits per heavy atom. The summed E-state index contributed by atoms with van der Waals surface area (Å²) in [5.74, 6) is -0.532. The van der Waals surface area contributed by atoms with Gasteiger partial charge in [-0.1, -0.05) is 19.1 Å². The van der Waals surface area contributed by atoms with Gasteiger partial charge in [-0.25, -0.2) is 4.39 Å². The molecule has 0 aliphatic heterocycles. The smallest absolute Gasteiger partial charge is 0.223 e. The quantitative estimate of drug-likeness (QED) is 0.776. The molecule has 1 amide bonds. The Balaban J connectivity index is 2.62. The maximum atomic E-state index is 13.7. The molecule has 18 heavy (non-hydrogen) atoms. The standard InChI is InChI=1S/C13H20FN3O/c1-9(13(18)16-2)7-17(3)8-10-5-4-6-11(15)12(10)14/h4-6,9H,7-8,15H2,1-3H3,(H,16,18). The summed E-state index contributed by atoms with van der Waals surface area (Å²) >= 11 is 0. The molecule has 0 heterocycles. The highest BCUT2D eigenvalue weighted by Crippen LogP contribution is 2.16. The van der Waals surface area contributed by atoms with E-state index in [0.29, 0.717) is 18.7 Å². The van der Waals surface area contributed by atoms with Gasteiger partial charge in [0.1, 0.15) is 0 Å². The van der Waals surface area contributed by atoms with Crippen LogP contribution in [0.1, 0.15) is 12.5 Å². The van der Waals surface area contributed by atoms with Crippen molar-refractivity contribution in [2.24, 2.45) is 5.92 Å². The van der Waals surface area contributed by atoms with E-state index in [1.807, 2.05) is 18.9 Å². The lowest BCUT2D eigenvalue weighted by Crippen LogP contribution is -2.34. The summed E-state index contributed by atoms with van der Waals surface area (Å²) < 4.78 is 13.7. The summed E-state index contributed by atoms with van der Waals surface area (Å²) in [5, 5.41) is 2.59. The first-order chi connectivity index (χ1) is 8.45. The van der Waals surface area contributed by atoms with E-state index in [1.54, 1.807) is 19.2 Å². The average molecular weight is 253 g/mol. The number of rotatable bonds is 5. The van der Waals surface area contributed by atoms with Gasteiger partial charge in [-0.15, -0.1) is 0 Å². The van der Waals surface area contributed by atoms with Crippen LogP contribution in [0.5, 0.6) is 0 Å². The van der Waals surface area contributed by atoms with Gasteiger partial charge >= 0.3 is 0 Å². The molecule has 1 aromatic rings. The molecule has 100 valence electrons. The second-order valence-electron chi connectivity index (χ2n) is 4.53. The summed E-state index contributed by atoms with van der Waals surface area (Å²) in [7, 11) is 3.46. The third-order valence-electron chi connectivity index (χ3n) is 2.83. The minimum absolute atomic E-state index is 0.0186. The van der Waals surface area contributed by atoms with Crippen molar-refractivity contribution >= 4 is 11.6 Å². The molecule has 0 bridgehead atoms. The Kier molecular flexibility index (Phi) is 5.09. The lowest BCUT2D eigenvalue weighted by molar-refractivity contribution is -0.124. The van der Waals surface area contributed by atoms with Crippen LogP contribution in [0.2, 0.25) is 0 Å². The lowest BCUT2D eigenvalue weighted by atomic mass is 10.1. The molecular formula is C13H20FN3O. The van der Waals surface area contributed by atoms with Gasteiger partial charge in [0.15, 0.2) is 5.82 Å². The van der Waals surface area contributed by atoms with Crippen LogP contribution in [0.4, 0.5) is 10.1 Å². The highest BCUT2D eigenvalue weighted by atomic mass is 19.1. The van der Waals surface area contributed by atoms with E-state index in [1.165, 1.54) is 6.07 Å². The molecule has 4 nitrogen and oxygen atoms in total. The molecule has 1 unspecified atom stereocenters. The zero-order valence-corrected chi connectivity index (χ0v) is 11.0. The Bertz CT molecular complexity index is 423. The third kappa shape index (κ3) is 3.70. The number of nitrogens with zero attached hydrogens (tertiary/aromatic N) is 1. The molecule has 0 aromatic heterocycles. The Morgan fingerprint density at radius 3 is 2.83 bits per heavy atom. The zero-order chi connectivity index (χ0) is 13.7. The van der Waals surface area contributed by atoms with E-state index in [9.17, 15) is 9.18 Å². The van der Waals surface area contributed by atoms with Crippen LogP contribution in [0.25, 0.3) is 0 Å². The van der Waals surface area contributed by atoms with Gasteiger partial charge in [0.25, 0.3) is 0 Å². The van der Waals surface area contributed by atoms with E-state index >= 15 is 0 Å². The van der Waals surface area contributed by atoms with E-state index in [0.717, 1.165) is 0 Å². The minimum Gasteiger partial charge on any atom is -0.396 e. The van der Waals surface area contributed by atoms with Gasteiger partial charge in [0.05, 0.1) is 5.69 Å². The average Bonchev–Trinajstić information content (AvgIpc) is 2.33. The number of hydrogen-bond donors (Lipinski definition) is 2. The van der Waals surface area contributed by atoms with Gasteiger partial charge in [0.2, 0.25) is 5.91 Å². The third-order valence-corrected chi connectivity index (χ3v) is 2.83. The first-order valence-corrected chi connectivity index (χ1v) is 5.88. The SMILES string of the molecule is CNC(=O)C(C)CN(C)Cc1cccc(N)c1F. The van der Waals surface area contributed by atoms with Gasteiger partial charge in [-0.05, 0) is 13.1 Å². The largest absolute Gasteiger partial charge is 0.396 e. The van der Waals surface area contributed by atoms with Gasteiger partial charge < -0.3 is 16.0 Å². The van der Waals surface area contributed by atoms with Gasteiger partial charge in [-0.2, -0.15) is 0 Å². The minimum atomic E-state index is -0.378. The van der Waals surface area contributed by atoms with Crippen molar-refractivity contribution in [3.05, 3.63) is 29.6 Å². The van der Waals surface area contributed by atoms with Crippen molar-refractivity contribution in [2.75, 3.05) is 26.4 Å². The number of anilines is 1. The molecule has 0 saturated heterocycles. The highest BCUT2D eigenvalue weighted by molar-refractivity contribution is 5.78. The molecule has 1 aromatic carbocycles. The number of carbonyl (C=O) groups is 1. The van der Waals surface area contributed by atoms with Crippen LogP contribution in [0.3, 0.4) is 0 Å². The Labute approximate surface area is 107 Å². The topological polar surface area (TPSA) is 58.4 Å². The number of nitrogens with one attached hydrogen (secondary N) is 1. The molecule has 0 fully saturated rings. The fourth-order valence-electron chi connectivity index (χ4n) is 1.87. The number of nitrogens with two attached hydrogens (primary N) is 1. The maximum absolute atomic E-state index is 13.7. The lowest BCUT2D eigenvalue weighted by Gasteiger charge is -2.20. The van der Waals surface area contributed by atoms with E-state index in [2.05, 4.69) is 5.32 Å². The number of hydrogen-bond acceptors (Lipinski definition) is 3. The molecule has 0 aliphatic rings. The summed E-state index contributed by atoms with van der Waals surface area (Å²) in [6.07, 6.45) is 0. The van der Waals surface area contributed by atoms with Crippen molar-refractivity contribution in [1.29, 1.82) is 0 Å². The number of halogens is 1. The Hall–Kier alpha value is -1.62. The van der Waals surface area contributed by atoms with Crippen molar-refractivity contribution in [1.82, 2.24) is 10.2 Å². The molecule has 0 saturated carbocycles. The molecule has 0 radical (unpaired) electrons. The molecule has 5 heteroatoms. The van der Waals surface area contributed by atoms with Crippen molar-refractivity contribution in [3.63, 3.8) is 0 Å². The second-order valence-corrected chi connectivity index (χ2v) is 4.53. The number of nitrogen functional groups attached to an aromatic ring is 1. The van der Waals surface area contributed by atoms with Crippen molar-refractivity contribution < 1.29 is 9.18 Å². The van der Waals surface area contributed by atoms with Crippen LogP contribution in [-0.4, -0.2) is 31.4 Å². The fraction of sp³-hybridized carbons (Fsp3) is 0.462. The van der Waals surface area contributed by atoms with E-state index < -0.39 is 0 Å². The second kappa shape index (κ2) is 6.35. The monoisotopic (exact) mass is 253 g/mol. The summed E-state index contributed by atoms with van der Waals surface area (Å²) in [4.78, 5) is 13.3. The molecule has 1 rings (SSSR count). The van der Waals surface area contributed by atoms with E-state index in [4.69, 9.17) is 5.73 Å². The predicted octanol–water partition coefficient (Wildman–Crippen LogP) is 1.22. The van der Waals surface area contributed by atoms with Crippen LogP contribution in [0.15, 0.2) is 18.2 Å². The normalized spacial score (nSPS) is 12.5. The van der Waals surface area contributed by atoms with Crippen LogP contribution in [0, 0.1) is 11.7 Å². The molecule has 0 aliphatic carbocycles. The summed E-state index contributed by atoms with van der Waals surface area (Å²) in [5.41, 5.74) is 6.21. The van der Waals surface area contributed by atoms with Gasteiger partial charge in [-0.3, -0.25) is 4.79 Å². The molecule has 0 spiro atoms. The molecular weight excluding hydrogens is 233 g/mol. The number of benzene rings is 1. The maximum Gasteiger partial charge on any atom is 0.223 e. The Morgan fingerprint density at radius 2 is 2.22 bits per heavy atom. The molecule has 3 N–H and O–H groups in total. The van der Waals surface area contributed by atoms with Crippen LogP contribution >= 0.6 is 0 Å². The zero-order valence-electron chi connectivity index (χ0n) is 11.0. The fourth-order valence-corrected chi connectivity index (χ4v) is 1.87. The van der Waals surface area contributed by atoms with E-state index in [-0.39, 0.29) is 23.3 Å². The number of carbonyl (C=O) groups excluding carboxylic acids is 1. The first kappa shape index (κ1) is 14.4. The van der Waals surface area contributed by atoms with Crippen LogP contribution in [-0.2, 0) is 11.3 Å². The summed E-state index contributed by atoms with van der Waals surface area (Å²) in [6, 6.07) is 4.96. The summed E-state index contributed by atoms with van der Waals surface area (Å²) in [6.45, 7) is 2.83.